The molecular formula is C27H42Cl3F2N3O7. The quantitative estimate of drug-likeness (QED) is 0.0941. The van der Waals surface area contributed by atoms with Crippen LogP contribution in [0, 0.1) is 0 Å². The predicted octanol–water partition coefficient (Wildman–Crippen LogP) is 5.45. The number of amides is 2. The number of carbonyl (C=O) groups is 3. The lowest BCUT2D eigenvalue weighted by atomic mass is 10.0. The standard InChI is InChI=1S/C27H42Cl3F2N3O7/c28-26(29,30)18-41-22(37)14-12-10-8-6-4-2-1-3-5-7-9-11-13-21(36)40-17-19-23(38)27(31,32)24(42-19)35-16-15-20(33)34-25(35)39/h15-16,19-20,23-24,38H,1-14,17-18,33H2,(H,34,39). The molecule has 15 heteroatoms. The second kappa shape index (κ2) is 18.4. The van der Waals surface area contributed by atoms with Crippen LogP contribution in [0.2, 0.25) is 0 Å². The number of aliphatic hydroxyl groups excluding tert-OH is 1. The minimum Gasteiger partial charge on any atom is -0.463 e. The van der Waals surface area contributed by atoms with E-state index in [0.717, 1.165) is 76.8 Å². The predicted molar refractivity (Wildman–Crippen MR) is 154 cm³/mol. The Kier molecular flexibility index (Phi) is 16.1. The lowest BCUT2D eigenvalue weighted by Gasteiger charge is -2.32. The third-order valence-corrected chi connectivity index (χ3v) is 7.26. The van der Waals surface area contributed by atoms with E-state index in [1.807, 2.05) is 0 Å². The maximum Gasteiger partial charge on any atom is 0.325 e. The second-order valence-corrected chi connectivity index (χ2v) is 13.1. The van der Waals surface area contributed by atoms with Gasteiger partial charge in [0.2, 0.25) is 10.0 Å². The maximum absolute atomic E-state index is 14.6. The molecule has 4 atom stereocenters. The van der Waals surface area contributed by atoms with Crippen LogP contribution in [-0.4, -0.2) is 75.5 Å². The van der Waals surface area contributed by atoms with Crippen LogP contribution in [0.4, 0.5) is 13.6 Å². The van der Waals surface area contributed by atoms with Crippen LogP contribution >= 0.6 is 34.8 Å². The van der Waals surface area contributed by atoms with Gasteiger partial charge in [0.25, 0.3) is 0 Å². The van der Waals surface area contributed by atoms with Crippen LogP contribution in [-0.2, 0) is 23.8 Å². The lowest BCUT2D eigenvalue weighted by molar-refractivity contribution is -0.151. The minimum absolute atomic E-state index is 0.141. The number of unbranched alkanes of at least 4 members (excludes halogenated alkanes) is 11. The van der Waals surface area contributed by atoms with Crippen LogP contribution < -0.4 is 11.1 Å². The molecular weight excluding hydrogens is 623 g/mol. The average molecular weight is 665 g/mol. The van der Waals surface area contributed by atoms with Gasteiger partial charge in [0.05, 0.1) is 6.17 Å². The van der Waals surface area contributed by atoms with Crippen molar-refractivity contribution in [3.05, 3.63) is 12.3 Å². The summed E-state index contributed by atoms with van der Waals surface area (Å²) in [6.07, 6.45) is 8.20. The number of nitrogens with two attached hydrogens (primary N) is 1. The number of halogens is 5. The summed E-state index contributed by atoms with van der Waals surface area (Å²) in [5.41, 5.74) is 5.52. The summed E-state index contributed by atoms with van der Waals surface area (Å²) in [6, 6.07) is -0.885. The molecule has 4 N–H and O–H groups in total. The smallest absolute Gasteiger partial charge is 0.325 e. The molecule has 0 aliphatic carbocycles. The molecule has 10 nitrogen and oxygen atoms in total. The van der Waals surface area contributed by atoms with Crippen LogP contribution in [0.1, 0.15) is 89.9 Å². The van der Waals surface area contributed by atoms with Gasteiger partial charge in [0.15, 0.2) is 6.10 Å². The molecule has 0 aromatic carbocycles. The highest BCUT2D eigenvalue weighted by Gasteiger charge is 2.61. The largest absolute Gasteiger partial charge is 0.463 e. The first kappa shape index (κ1) is 36.8. The molecule has 0 saturated carbocycles. The summed E-state index contributed by atoms with van der Waals surface area (Å²) < 4.78 is 42.7. The van der Waals surface area contributed by atoms with Gasteiger partial charge in [-0.1, -0.05) is 99.0 Å². The summed E-state index contributed by atoms with van der Waals surface area (Å²) in [7, 11) is 0. The number of esters is 2. The number of ether oxygens (including phenoxy) is 3. The highest BCUT2D eigenvalue weighted by atomic mass is 35.6. The fraction of sp³-hybridized carbons (Fsp3) is 0.815. The van der Waals surface area contributed by atoms with Crippen molar-refractivity contribution in [3.63, 3.8) is 0 Å². The molecule has 1 fully saturated rings. The van der Waals surface area contributed by atoms with E-state index in [9.17, 15) is 28.3 Å². The molecule has 2 heterocycles. The molecule has 2 aliphatic heterocycles. The summed E-state index contributed by atoms with van der Waals surface area (Å²) >= 11 is 16.6. The maximum atomic E-state index is 14.6. The molecule has 1 saturated heterocycles. The number of nitrogens with one attached hydrogen (secondary N) is 1. The zero-order chi connectivity index (χ0) is 31.2. The van der Waals surface area contributed by atoms with Crippen molar-refractivity contribution in [1.82, 2.24) is 10.2 Å². The van der Waals surface area contributed by atoms with Gasteiger partial charge in [0.1, 0.15) is 19.3 Å². The second-order valence-electron chi connectivity index (χ2n) is 10.6. The highest BCUT2D eigenvalue weighted by Crippen LogP contribution is 2.38. The number of nitrogens with zero attached hydrogens (tertiary/aromatic N) is 1. The molecule has 42 heavy (non-hydrogen) atoms. The van der Waals surface area contributed by atoms with Gasteiger partial charge in [-0.25, -0.2) is 4.79 Å². The zero-order valence-electron chi connectivity index (χ0n) is 23.6. The number of alkyl halides is 5. The van der Waals surface area contributed by atoms with Gasteiger partial charge < -0.3 is 30.4 Å². The van der Waals surface area contributed by atoms with Crippen molar-refractivity contribution in [2.45, 2.75) is 124 Å². The number of urea groups is 1. The number of hydrogen-bond donors (Lipinski definition) is 3. The topological polar surface area (TPSA) is 140 Å². The molecule has 2 aliphatic rings. The van der Waals surface area contributed by atoms with Gasteiger partial charge in [-0.3, -0.25) is 14.5 Å². The van der Waals surface area contributed by atoms with Crippen LogP contribution in [0.25, 0.3) is 0 Å². The molecule has 0 aromatic rings. The van der Waals surface area contributed by atoms with E-state index in [0.29, 0.717) is 17.7 Å². The van der Waals surface area contributed by atoms with Crippen molar-refractivity contribution in [2.75, 3.05) is 13.2 Å². The van der Waals surface area contributed by atoms with Crippen molar-refractivity contribution < 1.29 is 42.5 Å². The molecule has 2 amide bonds. The van der Waals surface area contributed by atoms with Crippen molar-refractivity contribution in [2.24, 2.45) is 5.73 Å². The first-order valence-corrected chi connectivity index (χ1v) is 15.6. The molecule has 242 valence electrons. The van der Waals surface area contributed by atoms with Crippen molar-refractivity contribution >= 4 is 52.8 Å². The normalized spacial score (nSPS) is 23.6. The first-order chi connectivity index (χ1) is 19.8. The Labute approximate surface area is 260 Å². The van der Waals surface area contributed by atoms with E-state index in [2.05, 4.69) is 5.32 Å². The van der Waals surface area contributed by atoms with E-state index >= 15 is 0 Å². The third kappa shape index (κ3) is 13.5. The lowest BCUT2D eigenvalue weighted by Crippen LogP contribution is -2.57. The Hall–Kier alpha value is -1.44. The van der Waals surface area contributed by atoms with Crippen LogP contribution in [0.15, 0.2) is 12.3 Å². The Bertz CT molecular complexity index is 896. The Morgan fingerprint density at radius 3 is 1.90 bits per heavy atom. The third-order valence-electron chi connectivity index (χ3n) is 6.93. The molecule has 0 aromatic heterocycles. The number of rotatable bonds is 19. The van der Waals surface area contributed by atoms with Gasteiger partial charge in [-0.15, -0.1) is 0 Å². The summed E-state index contributed by atoms with van der Waals surface area (Å²) in [5, 5.41) is 12.3. The average Bonchev–Trinajstić information content (AvgIpc) is 3.14. The first-order valence-electron chi connectivity index (χ1n) is 14.4. The van der Waals surface area contributed by atoms with E-state index in [-0.39, 0.29) is 19.0 Å². The van der Waals surface area contributed by atoms with E-state index in [1.54, 1.807) is 0 Å². The molecule has 4 unspecified atom stereocenters. The number of aliphatic hydroxyl groups is 1. The minimum atomic E-state index is -3.77. The molecule has 2 rings (SSSR count). The SMILES string of the molecule is NC1C=CN(C2OC(COC(=O)CCCCCCCCCCCCCCC(=O)OCC(Cl)(Cl)Cl)C(O)C2(F)F)C(=O)N1. The van der Waals surface area contributed by atoms with Crippen LogP contribution in [0.5, 0.6) is 0 Å². The monoisotopic (exact) mass is 663 g/mol. The van der Waals surface area contributed by atoms with Gasteiger partial charge in [0, 0.05) is 19.0 Å². The van der Waals surface area contributed by atoms with Gasteiger partial charge in [-0.2, -0.15) is 8.78 Å². The fourth-order valence-corrected chi connectivity index (χ4v) is 4.76. The summed E-state index contributed by atoms with van der Waals surface area (Å²) in [4.78, 5) is 36.2. The van der Waals surface area contributed by atoms with Gasteiger partial charge in [-0.05, 0) is 18.9 Å². The Morgan fingerprint density at radius 2 is 1.43 bits per heavy atom. The fourth-order valence-electron chi connectivity index (χ4n) is 4.60. The highest BCUT2D eigenvalue weighted by molar-refractivity contribution is 6.67. The molecule has 0 radical (unpaired) electrons. The number of hydrogen-bond acceptors (Lipinski definition) is 8. The Balaban J connectivity index is 1.44. The summed E-state index contributed by atoms with van der Waals surface area (Å²) in [6.45, 7) is -0.786. The van der Waals surface area contributed by atoms with Crippen LogP contribution in [0.3, 0.4) is 0 Å². The van der Waals surface area contributed by atoms with E-state index in [1.165, 1.54) is 6.08 Å². The van der Waals surface area contributed by atoms with Gasteiger partial charge >= 0.3 is 23.9 Å². The number of carbonyl (C=O) groups excluding carboxylic acids is 3. The molecule has 0 bridgehead atoms. The van der Waals surface area contributed by atoms with Crippen molar-refractivity contribution in [3.8, 4) is 0 Å². The summed E-state index contributed by atoms with van der Waals surface area (Å²) in [5.74, 6) is -4.68. The Morgan fingerprint density at radius 1 is 0.952 bits per heavy atom. The van der Waals surface area contributed by atoms with E-state index in [4.69, 9.17) is 54.7 Å². The van der Waals surface area contributed by atoms with Crippen molar-refractivity contribution in [1.29, 1.82) is 0 Å². The van der Waals surface area contributed by atoms with E-state index < -0.39 is 52.9 Å². The zero-order valence-corrected chi connectivity index (χ0v) is 25.9. The molecule has 0 spiro atoms.